The molecule has 9 heteroatoms. The van der Waals surface area contributed by atoms with E-state index in [1.165, 1.54) is 18.9 Å². The molecule has 1 amide bonds. The number of carbonyl (C=O) groups excluding carboxylic acids is 2. The van der Waals surface area contributed by atoms with Gasteiger partial charge in [-0.1, -0.05) is 23.9 Å². The van der Waals surface area contributed by atoms with E-state index in [1.54, 1.807) is 29.5 Å². The maximum Gasteiger partial charge on any atom is 0.337 e. The van der Waals surface area contributed by atoms with Crippen molar-refractivity contribution >= 4 is 40.7 Å². The number of H-pyrrole nitrogens is 1. The first kappa shape index (κ1) is 18.2. The van der Waals surface area contributed by atoms with Crippen LogP contribution >= 0.6 is 23.1 Å². The van der Waals surface area contributed by atoms with Gasteiger partial charge in [-0.25, -0.2) is 9.78 Å². The number of amides is 1. The second-order valence-corrected chi connectivity index (χ2v) is 7.19. The van der Waals surface area contributed by atoms with Crippen molar-refractivity contribution in [3.63, 3.8) is 0 Å². The number of hydrogen-bond donors (Lipinski definition) is 2. The Hall–Kier alpha value is -2.65. The van der Waals surface area contributed by atoms with Crippen molar-refractivity contribution < 1.29 is 14.3 Å². The molecule has 0 fully saturated rings. The zero-order valence-corrected chi connectivity index (χ0v) is 15.7. The van der Waals surface area contributed by atoms with Gasteiger partial charge in [-0.05, 0) is 36.1 Å². The van der Waals surface area contributed by atoms with Gasteiger partial charge in [0.15, 0.2) is 5.82 Å². The van der Waals surface area contributed by atoms with E-state index in [2.05, 4.69) is 20.5 Å². The van der Waals surface area contributed by atoms with Crippen LogP contribution in [0.25, 0.3) is 10.7 Å². The fraction of sp³-hybridized carbons (Fsp3) is 0.176. The summed E-state index contributed by atoms with van der Waals surface area (Å²) in [6, 6.07) is 8.91. The molecular weight excluding hydrogens is 372 g/mol. The molecule has 134 valence electrons. The van der Waals surface area contributed by atoms with Crippen LogP contribution < -0.4 is 5.32 Å². The van der Waals surface area contributed by atoms with E-state index in [1.807, 2.05) is 24.4 Å². The molecule has 3 aromatic rings. The van der Waals surface area contributed by atoms with E-state index in [4.69, 9.17) is 4.74 Å². The number of carbonyl (C=O) groups is 2. The van der Waals surface area contributed by atoms with E-state index in [0.717, 1.165) is 10.4 Å². The van der Waals surface area contributed by atoms with Gasteiger partial charge >= 0.3 is 5.97 Å². The number of ether oxygens (including phenoxy) is 1. The molecule has 0 saturated carbocycles. The number of benzene rings is 1. The Morgan fingerprint density at radius 2 is 2.19 bits per heavy atom. The third kappa shape index (κ3) is 4.30. The molecule has 0 aliphatic rings. The second-order valence-electron chi connectivity index (χ2n) is 5.30. The smallest absolute Gasteiger partial charge is 0.337 e. The standard InChI is InChI=1S/C17H16N4O3S2/c1-10-5-6-11(16(23)24-2)8-12(10)18-14(22)9-26-17-19-15(20-21-17)13-4-3-7-25-13/h3-8H,9H2,1-2H3,(H,18,22)(H,19,20,21). The number of aromatic amines is 1. The number of aromatic nitrogens is 3. The zero-order valence-electron chi connectivity index (χ0n) is 14.1. The first-order valence-electron chi connectivity index (χ1n) is 7.64. The number of thioether (sulfide) groups is 1. The number of anilines is 1. The predicted molar refractivity (Wildman–Crippen MR) is 102 cm³/mol. The number of nitrogens with one attached hydrogen (secondary N) is 2. The first-order valence-corrected chi connectivity index (χ1v) is 9.51. The molecule has 0 aliphatic heterocycles. The third-order valence-corrected chi connectivity index (χ3v) is 5.21. The third-order valence-electron chi connectivity index (χ3n) is 3.48. The van der Waals surface area contributed by atoms with Crippen molar-refractivity contribution in [3.8, 4) is 10.7 Å². The minimum atomic E-state index is -0.447. The maximum atomic E-state index is 12.2. The van der Waals surface area contributed by atoms with Crippen LogP contribution in [0.2, 0.25) is 0 Å². The lowest BCUT2D eigenvalue weighted by molar-refractivity contribution is -0.113. The molecule has 0 bridgehead atoms. The fourth-order valence-electron chi connectivity index (χ4n) is 2.15. The highest BCUT2D eigenvalue weighted by Crippen LogP contribution is 2.23. The number of rotatable bonds is 6. The molecule has 0 atom stereocenters. The summed E-state index contributed by atoms with van der Waals surface area (Å²) in [4.78, 5) is 29.2. The summed E-state index contributed by atoms with van der Waals surface area (Å²) in [5.41, 5.74) is 1.82. The fourth-order valence-corrected chi connectivity index (χ4v) is 3.41. The molecule has 7 nitrogen and oxygen atoms in total. The Morgan fingerprint density at radius 3 is 2.92 bits per heavy atom. The van der Waals surface area contributed by atoms with Gasteiger partial charge in [-0.15, -0.1) is 16.4 Å². The largest absolute Gasteiger partial charge is 0.465 e. The number of thiophene rings is 1. The second kappa shape index (κ2) is 8.15. The molecule has 2 aromatic heterocycles. The van der Waals surface area contributed by atoms with Gasteiger partial charge in [0.25, 0.3) is 0 Å². The van der Waals surface area contributed by atoms with E-state index in [9.17, 15) is 9.59 Å². The van der Waals surface area contributed by atoms with Crippen LogP contribution in [0.5, 0.6) is 0 Å². The Labute approximate surface area is 158 Å². The molecule has 1 aromatic carbocycles. The number of esters is 1. The van der Waals surface area contributed by atoms with Crippen LogP contribution in [-0.4, -0.2) is 39.9 Å². The Bertz CT molecular complexity index is 922. The van der Waals surface area contributed by atoms with Crippen LogP contribution in [-0.2, 0) is 9.53 Å². The lowest BCUT2D eigenvalue weighted by Crippen LogP contribution is -2.15. The summed E-state index contributed by atoms with van der Waals surface area (Å²) in [7, 11) is 1.32. The summed E-state index contributed by atoms with van der Waals surface area (Å²) < 4.78 is 4.70. The zero-order chi connectivity index (χ0) is 18.5. The van der Waals surface area contributed by atoms with E-state index < -0.39 is 5.97 Å². The minimum absolute atomic E-state index is 0.156. The molecule has 26 heavy (non-hydrogen) atoms. The van der Waals surface area contributed by atoms with E-state index in [-0.39, 0.29) is 11.7 Å². The number of hydrogen-bond acceptors (Lipinski definition) is 7. The van der Waals surface area contributed by atoms with Gasteiger partial charge in [0, 0.05) is 5.69 Å². The molecule has 0 saturated heterocycles. The van der Waals surface area contributed by atoms with E-state index in [0.29, 0.717) is 22.2 Å². The van der Waals surface area contributed by atoms with Crippen molar-refractivity contribution in [3.05, 3.63) is 46.8 Å². The summed E-state index contributed by atoms with van der Waals surface area (Å²) in [5.74, 6) is 0.188. The first-order chi connectivity index (χ1) is 12.6. The normalized spacial score (nSPS) is 10.5. The van der Waals surface area contributed by atoms with Crippen molar-refractivity contribution in [2.24, 2.45) is 0 Å². The van der Waals surface area contributed by atoms with Crippen LogP contribution in [0.3, 0.4) is 0 Å². The van der Waals surface area contributed by atoms with Gasteiger partial charge in [-0.2, -0.15) is 0 Å². The van der Waals surface area contributed by atoms with Crippen LogP contribution in [0.15, 0.2) is 40.9 Å². The molecule has 0 radical (unpaired) electrons. The molecule has 3 rings (SSSR count). The van der Waals surface area contributed by atoms with E-state index >= 15 is 0 Å². The van der Waals surface area contributed by atoms with Gasteiger partial charge in [-0.3, -0.25) is 9.89 Å². The quantitative estimate of drug-likeness (QED) is 0.496. The van der Waals surface area contributed by atoms with Gasteiger partial charge in [0.05, 0.1) is 23.3 Å². The molecule has 0 unspecified atom stereocenters. The topological polar surface area (TPSA) is 97.0 Å². The summed E-state index contributed by atoms with van der Waals surface area (Å²) in [6.07, 6.45) is 0. The SMILES string of the molecule is COC(=O)c1ccc(C)c(NC(=O)CSc2n[nH]c(-c3cccs3)n2)c1. The van der Waals surface area contributed by atoms with Crippen molar-refractivity contribution in [1.82, 2.24) is 15.2 Å². The predicted octanol–water partition coefficient (Wildman–Crippen LogP) is 3.36. The molecule has 0 spiro atoms. The summed E-state index contributed by atoms with van der Waals surface area (Å²) in [5, 5.41) is 12.2. The highest BCUT2D eigenvalue weighted by Gasteiger charge is 2.12. The highest BCUT2D eigenvalue weighted by atomic mass is 32.2. The van der Waals surface area contributed by atoms with Crippen LogP contribution in [0.4, 0.5) is 5.69 Å². The highest BCUT2D eigenvalue weighted by molar-refractivity contribution is 7.99. The van der Waals surface area contributed by atoms with Crippen molar-refractivity contribution in [2.45, 2.75) is 12.1 Å². The number of nitrogens with zero attached hydrogens (tertiary/aromatic N) is 2. The van der Waals surface area contributed by atoms with Crippen molar-refractivity contribution in [2.75, 3.05) is 18.2 Å². The Balaban J connectivity index is 1.60. The Morgan fingerprint density at radius 1 is 1.35 bits per heavy atom. The van der Waals surface area contributed by atoms with Crippen LogP contribution in [0.1, 0.15) is 15.9 Å². The monoisotopic (exact) mass is 388 g/mol. The molecular formula is C17H16N4O3S2. The van der Waals surface area contributed by atoms with Gasteiger partial charge in [0.1, 0.15) is 0 Å². The molecule has 2 N–H and O–H groups in total. The summed E-state index contributed by atoms with van der Waals surface area (Å²) >= 11 is 2.80. The summed E-state index contributed by atoms with van der Waals surface area (Å²) in [6.45, 7) is 1.85. The number of methoxy groups -OCH3 is 1. The molecule has 0 aliphatic carbocycles. The lowest BCUT2D eigenvalue weighted by Gasteiger charge is -2.09. The lowest BCUT2D eigenvalue weighted by atomic mass is 10.1. The van der Waals surface area contributed by atoms with Gasteiger partial charge in [0.2, 0.25) is 11.1 Å². The average molecular weight is 388 g/mol. The molecule has 2 heterocycles. The maximum absolute atomic E-state index is 12.2. The van der Waals surface area contributed by atoms with Crippen molar-refractivity contribution in [1.29, 1.82) is 0 Å². The minimum Gasteiger partial charge on any atom is -0.465 e. The Kier molecular flexibility index (Phi) is 5.69. The van der Waals surface area contributed by atoms with Crippen LogP contribution in [0, 0.1) is 6.92 Å². The van der Waals surface area contributed by atoms with Gasteiger partial charge < -0.3 is 10.1 Å². The average Bonchev–Trinajstić information content (AvgIpc) is 3.32. The number of aryl methyl sites for hydroxylation is 1.